The van der Waals surface area contributed by atoms with Gasteiger partial charge < -0.3 is 9.47 Å². The molecule has 2 atom stereocenters. The number of halogens is 1. The van der Waals surface area contributed by atoms with Crippen LogP contribution in [0.3, 0.4) is 0 Å². The van der Waals surface area contributed by atoms with Gasteiger partial charge in [0.25, 0.3) is 0 Å². The van der Waals surface area contributed by atoms with Gasteiger partial charge in [-0.15, -0.1) is 0 Å². The van der Waals surface area contributed by atoms with Crippen molar-refractivity contribution in [3.63, 3.8) is 0 Å². The number of aromatic nitrogens is 1. The summed E-state index contributed by atoms with van der Waals surface area (Å²) in [6.07, 6.45) is 6.96. The van der Waals surface area contributed by atoms with Crippen molar-refractivity contribution in [1.82, 2.24) is 4.98 Å². The van der Waals surface area contributed by atoms with Crippen LogP contribution in [0.4, 0.5) is 0 Å². The largest absolute Gasteiger partial charge is 0.495 e. The van der Waals surface area contributed by atoms with Gasteiger partial charge in [0, 0.05) is 12.6 Å². The number of benzene rings is 1. The molecule has 2 aliphatic rings. The van der Waals surface area contributed by atoms with Gasteiger partial charge in [0.1, 0.15) is 22.4 Å². The molecule has 0 spiro atoms. The number of nitrogens with zero attached hydrogens (tertiary/aromatic N) is 2. The Bertz CT molecular complexity index is 1080. The Hall–Kier alpha value is -2.56. The number of cyclic esters (lactones) is 1. The molecule has 2 heterocycles. The maximum Gasteiger partial charge on any atom is 0.327 e. The number of rotatable bonds is 7. The summed E-state index contributed by atoms with van der Waals surface area (Å²) in [5.74, 6) is 0.0711. The number of carbonyl (C=O) groups excluding carboxylic acids is 2. The lowest BCUT2D eigenvalue weighted by Crippen LogP contribution is -2.53. The maximum absolute atomic E-state index is 13.3. The Labute approximate surface area is 202 Å². The highest BCUT2D eigenvalue weighted by atomic mass is 35.5. The van der Waals surface area contributed by atoms with Gasteiger partial charge in [0.15, 0.2) is 11.0 Å². The topological polar surface area (TPSA) is 89.3 Å². The molecule has 33 heavy (non-hydrogen) atoms. The Kier molecular flexibility index (Phi) is 7.26. The van der Waals surface area contributed by atoms with Crippen LogP contribution in [-0.4, -0.2) is 34.7 Å². The number of nitriles is 1. The normalized spacial score (nSPS) is 23.2. The fourth-order valence-corrected chi connectivity index (χ4v) is 6.07. The second-order valence-electron chi connectivity index (χ2n) is 8.55. The first-order valence-electron chi connectivity index (χ1n) is 11.1. The summed E-state index contributed by atoms with van der Waals surface area (Å²) >= 11 is 7.29. The summed E-state index contributed by atoms with van der Waals surface area (Å²) in [6.45, 7) is 0. The lowest BCUT2D eigenvalue weighted by molar-refractivity contribution is -0.177. The van der Waals surface area contributed by atoms with Gasteiger partial charge in [-0.05, 0) is 61.4 Å². The van der Waals surface area contributed by atoms with E-state index in [0.717, 1.165) is 43.0 Å². The van der Waals surface area contributed by atoms with Crippen LogP contribution < -0.4 is 4.74 Å². The van der Waals surface area contributed by atoms with Crippen molar-refractivity contribution in [2.24, 2.45) is 5.92 Å². The molecule has 8 heteroatoms. The van der Waals surface area contributed by atoms with Crippen LogP contribution in [0.15, 0.2) is 41.6 Å². The molecule has 2 unspecified atom stereocenters. The Morgan fingerprint density at radius 1 is 1.30 bits per heavy atom. The zero-order valence-electron chi connectivity index (χ0n) is 18.4. The van der Waals surface area contributed by atoms with Gasteiger partial charge in [-0.3, -0.25) is 9.59 Å². The molecule has 1 aromatic carbocycles. The number of esters is 1. The first-order chi connectivity index (χ1) is 16.0. The maximum atomic E-state index is 13.3. The number of pyridine rings is 1. The third-order valence-electron chi connectivity index (χ3n) is 6.56. The summed E-state index contributed by atoms with van der Waals surface area (Å²) < 4.78 is 11.4. The second kappa shape index (κ2) is 10.1. The van der Waals surface area contributed by atoms with Crippen molar-refractivity contribution in [1.29, 1.82) is 5.26 Å². The Balaban J connectivity index is 1.54. The van der Waals surface area contributed by atoms with E-state index in [-0.39, 0.29) is 18.1 Å². The standard InChI is InChI=1S/C25H25ClN2O4S/c1-31-21-9-8-16(13-19(21)26)10-11-25(18-6-2-3-7-18)14-20(29)22(24(30)32-25)33-23-17(15-27)5-4-12-28-23/h4-5,8-9,12-13,18,22H,2-3,6-7,10-11,14H2,1H3. The molecule has 1 aliphatic heterocycles. The number of ether oxygens (including phenoxy) is 2. The van der Waals surface area contributed by atoms with E-state index in [0.29, 0.717) is 34.2 Å². The molecule has 4 rings (SSSR count). The van der Waals surface area contributed by atoms with E-state index in [9.17, 15) is 14.9 Å². The van der Waals surface area contributed by atoms with E-state index in [4.69, 9.17) is 21.1 Å². The molecule has 1 aromatic heterocycles. The highest BCUT2D eigenvalue weighted by Gasteiger charge is 2.52. The van der Waals surface area contributed by atoms with Crippen LogP contribution in [0.25, 0.3) is 0 Å². The first-order valence-corrected chi connectivity index (χ1v) is 12.3. The first kappa shape index (κ1) is 23.6. The molecule has 0 radical (unpaired) electrons. The van der Waals surface area contributed by atoms with E-state index < -0.39 is 16.8 Å². The number of carbonyl (C=O) groups is 2. The van der Waals surface area contributed by atoms with Crippen molar-refractivity contribution in [2.45, 2.75) is 60.8 Å². The molecule has 172 valence electrons. The number of hydrogen-bond acceptors (Lipinski definition) is 7. The fraction of sp³-hybridized carbons (Fsp3) is 0.440. The zero-order chi connectivity index (χ0) is 23.4. The van der Waals surface area contributed by atoms with E-state index >= 15 is 0 Å². The van der Waals surface area contributed by atoms with Crippen molar-refractivity contribution in [3.8, 4) is 11.8 Å². The zero-order valence-corrected chi connectivity index (χ0v) is 20.0. The van der Waals surface area contributed by atoms with Gasteiger partial charge >= 0.3 is 5.97 Å². The van der Waals surface area contributed by atoms with Gasteiger partial charge in [0.05, 0.1) is 17.7 Å². The minimum absolute atomic E-state index is 0.162. The molecule has 0 amide bonds. The van der Waals surface area contributed by atoms with E-state index in [1.54, 1.807) is 25.4 Å². The predicted molar refractivity (Wildman–Crippen MR) is 125 cm³/mol. The van der Waals surface area contributed by atoms with Crippen LogP contribution in [-0.2, 0) is 20.7 Å². The molecular weight excluding hydrogens is 460 g/mol. The van der Waals surface area contributed by atoms with E-state index in [2.05, 4.69) is 11.1 Å². The van der Waals surface area contributed by atoms with Gasteiger partial charge in [0.2, 0.25) is 0 Å². The van der Waals surface area contributed by atoms with E-state index in [1.165, 1.54) is 0 Å². The van der Waals surface area contributed by atoms with Gasteiger partial charge in [-0.2, -0.15) is 5.26 Å². The second-order valence-corrected chi connectivity index (χ2v) is 10.0. The fourth-order valence-electron chi connectivity index (χ4n) is 4.85. The van der Waals surface area contributed by atoms with Gasteiger partial charge in [-0.25, -0.2) is 4.98 Å². The van der Waals surface area contributed by atoms with Crippen LogP contribution in [0.2, 0.25) is 5.02 Å². The Morgan fingerprint density at radius 3 is 2.76 bits per heavy atom. The van der Waals surface area contributed by atoms with Crippen LogP contribution in [0.1, 0.15) is 49.7 Å². The van der Waals surface area contributed by atoms with Crippen molar-refractivity contribution >= 4 is 35.1 Å². The summed E-state index contributed by atoms with van der Waals surface area (Å²) in [5, 5.41) is 9.21. The lowest BCUT2D eigenvalue weighted by Gasteiger charge is -2.42. The molecule has 0 N–H and O–H groups in total. The van der Waals surface area contributed by atoms with Crippen molar-refractivity contribution in [2.75, 3.05) is 7.11 Å². The molecule has 1 saturated carbocycles. The van der Waals surface area contributed by atoms with Gasteiger partial charge in [-0.1, -0.05) is 42.3 Å². The highest BCUT2D eigenvalue weighted by Crippen LogP contribution is 2.46. The van der Waals surface area contributed by atoms with E-state index in [1.807, 2.05) is 18.2 Å². The van der Waals surface area contributed by atoms with Crippen molar-refractivity contribution < 1.29 is 19.1 Å². The monoisotopic (exact) mass is 484 g/mol. The van der Waals surface area contributed by atoms with Crippen LogP contribution >= 0.6 is 23.4 Å². The van der Waals surface area contributed by atoms with Crippen molar-refractivity contribution in [3.05, 3.63) is 52.7 Å². The van der Waals surface area contributed by atoms with Crippen LogP contribution in [0.5, 0.6) is 5.75 Å². The minimum Gasteiger partial charge on any atom is -0.495 e. The smallest absolute Gasteiger partial charge is 0.327 e. The number of methoxy groups -OCH3 is 1. The quantitative estimate of drug-likeness (QED) is 0.396. The number of hydrogen-bond donors (Lipinski definition) is 0. The Morgan fingerprint density at radius 2 is 2.09 bits per heavy atom. The molecule has 1 aliphatic carbocycles. The summed E-state index contributed by atoms with van der Waals surface area (Å²) in [4.78, 5) is 30.6. The number of ketones is 1. The van der Waals surface area contributed by atoms with Crippen LogP contribution in [0, 0.1) is 17.2 Å². The minimum atomic E-state index is -1.00. The number of aryl methyl sites for hydroxylation is 1. The number of Topliss-reactive ketones (excluding diaryl/α,β-unsaturated/α-hetero) is 1. The average Bonchev–Trinajstić information content (AvgIpc) is 3.36. The summed E-state index contributed by atoms with van der Waals surface area (Å²) in [6, 6.07) is 11.0. The highest BCUT2D eigenvalue weighted by molar-refractivity contribution is 8.01. The molecule has 2 fully saturated rings. The molecule has 2 aromatic rings. The third kappa shape index (κ3) is 5.02. The molecule has 0 bridgehead atoms. The summed E-state index contributed by atoms with van der Waals surface area (Å²) in [5.41, 5.74) is 0.536. The lowest BCUT2D eigenvalue weighted by atomic mass is 9.76. The third-order valence-corrected chi connectivity index (χ3v) is 8.09. The SMILES string of the molecule is COc1ccc(CCC2(C3CCCC3)CC(=O)C(Sc3ncccc3C#N)C(=O)O2)cc1Cl. The predicted octanol–water partition coefficient (Wildman–Crippen LogP) is 5.15. The molecular formula is C25H25ClN2O4S. The molecule has 1 saturated heterocycles. The molecule has 6 nitrogen and oxygen atoms in total. The average molecular weight is 485 g/mol. The summed E-state index contributed by atoms with van der Waals surface area (Å²) in [7, 11) is 1.57. The number of thioether (sulfide) groups is 1.